The zero-order valence-corrected chi connectivity index (χ0v) is 15.0. The zero-order chi connectivity index (χ0) is 18.4. The highest BCUT2D eigenvalue weighted by molar-refractivity contribution is 5.73. The summed E-state index contributed by atoms with van der Waals surface area (Å²) in [5, 5.41) is 13.8. The number of ether oxygens (including phenoxy) is 1. The van der Waals surface area contributed by atoms with Crippen molar-refractivity contribution in [2.75, 3.05) is 6.61 Å². The van der Waals surface area contributed by atoms with Crippen molar-refractivity contribution in [2.45, 2.75) is 26.9 Å². The van der Waals surface area contributed by atoms with Gasteiger partial charge >= 0.3 is 6.03 Å². The lowest BCUT2D eigenvalue weighted by Crippen LogP contribution is -2.35. The maximum atomic E-state index is 12.0. The first-order valence-electron chi connectivity index (χ1n) is 8.64. The number of hydrogen-bond donors (Lipinski definition) is 2. The van der Waals surface area contributed by atoms with E-state index < -0.39 is 0 Å². The van der Waals surface area contributed by atoms with Gasteiger partial charge in [0.05, 0.1) is 13.2 Å². The molecule has 0 fully saturated rings. The second-order valence-corrected chi connectivity index (χ2v) is 6.43. The van der Waals surface area contributed by atoms with Gasteiger partial charge in [-0.25, -0.2) is 4.79 Å². The van der Waals surface area contributed by atoms with E-state index in [0.717, 1.165) is 17.0 Å². The number of nitrogens with zero attached hydrogens (tertiary/aromatic N) is 3. The molecule has 0 radical (unpaired) electrons. The Morgan fingerprint density at radius 1 is 1.08 bits per heavy atom. The first-order valence-corrected chi connectivity index (χ1v) is 8.64. The van der Waals surface area contributed by atoms with E-state index in [2.05, 4.69) is 34.7 Å². The Balaban J connectivity index is 1.45. The molecular formula is C19H23N5O2. The Labute approximate surface area is 152 Å². The second-order valence-electron chi connectivity index (χ2n) is 6.43. The molecule has 0 atom stereocenters. The van der Waals surface area contributed by atoms with Crippen LogP contribution in [0, 0.1) is 5.92 Å². The average molecular weight is 353 g/mol. The molecular weight excluding hydrogens is 330 g/mol. The lowest BCUT2D eigenvalue weighted by molar-refractivity contribution is 0.240. The molecule has 0 bridgehead atoms. The Bertz CT molecular complexity index is 858. The lowest BCUT2D eigenvalue weighted by atomic mass is 10.2. The molecule has 2 heterocycles. The van der Waals surface area contributed by atoms with Crippen LogP contribution in [0.1, 0.15) is 25.2 Å². The van der Waals surface area contributed by atoms with Gasteiger partial charge in [-0.3, -0.25) is 4.40 Å². The number of urea groups is 1. The number of benzene rings is 1. The molecule has 0 unspecified atom stereocenters. The van der Waals surface area contributed by atoms with E-state index in [-0.39, 0.29) is 6.03 Å². The van der Waals surface area contributed by atoms with Gasteiger partial charge in [0.1, 0.15) is 5.75 Å². The van der Waals surface area contributed by atoms with E-state index in [1.165, 1.54) is 0 Å². The van der Waals surface area contributed by atoms with Crippen LogP contribution >= 0.6 is 0 Å². The fourth-order valence-corrected chi connectivity index (χ4v) is 2.38. The smallest absolute Gasteiger partial charge is 0.315 e. The maximum Gasteiger partial charge on any atom is 0.315 e. The number of fused-ring (bicyclic) bond motifs is 1. The summed E-state index contributed by atoms with van der Waals surface area (Å²) in [5.41, 5.74) is 1.76. The summed E-state index contributed by atoms with van der Waals surface area (Å²) < 4.78 is 7.49. The minimum Gasteiger partial charge on any atom is -0.493 e. The van der Waals surface area contributed by atoms with Crippen molar-refractivity contribution >= 4 is 11.7 Å². The van der Waals surface area contributed by atoms with Gasteiger partial charge in [0.2, 0.25) is 0 Å². The fourth-order valence-electron chi connectivity index (χ4n) is 2.38. The molecule has 2 N–H and O–H groups in total. The summed E-state index contributed by atoms with van der Waals surface area (Å²) in [4.78, 5) is 12.0. The third-order valence-electron chi connectivity index (χ3n) is 3.75. The van der Waals surface area contributed by atoms with Gasteiger partial charge in [-0.15, -0.1) is 10.2 Å². The van der Waals surface area contributed by atoms with Crippen molar-refractivity contribution in [2.24, 2.45) is 5.92 Å². The SMILES string of the molecule is CC(C)COc1ccc(CNC(=O)NCc2nnc3ccccn23)cc1. The largest absolute Gasteiger partial charge is 0.493 e. The van der Waals surface area contributed by atoms with E-state index in [1.54, 1.807) is 0 Å². The van der Waals surface area contributed by atoms with Crippen molar-refractivity contribution in [1.29, 1.82) is 0 Å². The van der Waals surface area contributed by atoms with Gasteiger partial charge in [0, 0.05) is 12.7 Å². The summed E-state index contributed by atoms with van der Waals surface area (Å²) in [6, 6.07) is 13.1. The normalized spacial score (nSPS) is 10.9. The van der Waals surface area contributed by atoms with Crippen molar-refractivity contribution in [3.63, 3.8) is 0 Å². The van der Waals surface area contributed by atoms with E-state index >= 15 is 0 Å². The minimum atomic E-state index is -0.252. The van der Waals surface area contributed by atoms with Crippen LogP contribution in [0.4, 0.5) is 4.79 Å². The minimum absolute atomic E-state index is 0.252. The number of nitrogens with one attached hydrogen (secondary N) is 2. The van der Waals surface area contributed by atoms with Crippen molar-refractivity contribution in [3.8, 4) is 5.75 Å². The number of amides is 2. The summed E-state index contributed by atoms with van der Waals surface area (Å²) in [6.07, 6.45) is 1.87. The highest BCUT2D eigenvalue weighted by Gasteiger charge is 2.07. The quantitative estimate of drug-likeness (QED) is 0.684. The molecule has 136 valence electrons. The summed E-state index contributed by atoms with van der Waals surface area (Å²) in [5.74, 6) is 2.01. The van der Waals surface area contributed by atoms with Gasteiger partial charge < -0.3 is 15.4 Å². The van der Waals surface area contributed by atoms with Crippen LogP contribution < -0.4 is 15.4 Å². The summed E-state index contributed by atoms with van der Waals surface area (Å²) in [7, 11) is 0. The lowest BCUT2D eigenvalue weighted by Gasteiger charge is -2.10. The number of carbonyl (C=O) groups excluding carboxylic acids is 1. The van der Waals surface area contributed by atoms with Crippen molar-refractivity contribution in [3.05, 3.63) is 60.0 Å². The Kier molecular flexibility index (Phi) is 5.68. The van der Waals surface area contributed by atoms with Gasteiger partial charge in [-0.2, -0.15) is 0 Å². The average Bonchev–Trinajstić information content (AvgIpc) is 3.07. The zero-order valence-electron chi connectivity index (χ0n) is 15.0. The predicted octanol–water partition coefficient (Wildman–Crippen LogP) is 2.76. The van der Waals surface area contributed by atoms with E-state index in [9.17, 15) is 4.79 Å². The summed E-state index contributed by atoms with van der Waals surface area (Å²) in [6.45, 7) is 5.66. The van der Waals surface area contributed by atoms with Crippen LogP contribution in [0.25, 0.3) is 5.65 Å². The van der Waals surface area contributed by atoms with Crippen molar-refractivity contribution in [1.82, 2.24) is 25.2 Å². The highest BCUT2D eigenvalue weighted by Crippen LogP contribution is 2.13. The van der Waals surface area contributed by atoms with Gasteiger partial charge in [0.15, 0.2) is 11.5 Å². The molecule has 0 saturated heterocycles. The molecule has 3 aromatic rings. The van der Waals surface area contributed by atoms with Crippen molar-refractivity contribution < 1.29 is 9.53 Å². The number of rotatable bonds is 7. The number of carbonyl (C=O) groups is 1. The Hall–Kier alpha value is -3.09. The number of pyridine rings is 1. The number of hydrogen-bond acceptors (Lipinski definition) is 4. The topological polar surface area (TPSA) is 80.5 Å². The first-order chi connectivity index (χ1) is 12.6. The third-order valence-corrected chi connectivity index (χ3v) is 3.75. The van der Waals surface area contributed by atoms with E-state index in [1.807, 2.05) is 53.1 Å². The molecule has 0 aliphatic heterocycles. The van der Waals surface area contributed by atoms with Gasteiger partial charge in [0.25, 0.3) is 0 Å². The summed E-state index contributed by atoms with van der Waals surface area (Å²) >= 11 is 0. The van der Waals surface area contributed by atoms with E-state index in [4.69, 9.17) is 4.74 Å². The Morgan fingerprint density at radius 2 is 1.85 bits per heavy atom. The number of aromatic nitrogens is 3. The van der Waals surface area contributed by atoms with Crippen LogP contribution in [0.2, 0.25) is 0 Å². The molecule has 7 heteroatoms. The molecule has 0 saturated carbocycles. The Morgan fingerprint density at radius 3 is 2.62 bits per heavy atom. The first kappa shape index (κ1) is 17.7. The third kappa shape index (κ3) is 4.72. The van der Waals surface area contributed by atoms with Crippen LogP contribution in [0.3, 0.4) is 0 Å². The van der Waals surface area contributed by atoms with Gasteiger partial charge in [-0.1, -0.05) is 32.0 Å². The standard InChI is InChI=1S/C19H23N5O2/c1-14(2)13-26-16-8-6-15(7-9-16)11-20-19(25)21-12-18-23-22-17-5-3-4-10-24(17)18/h3-10,14H,11-13H2,1-2H3,(H2,20,21,25). The molecule has 2 amide bonds. The molecule has 0 spiro atoms. The second kappa shape index (κ2) is 8.33. The van der Waals surface area contributed by atoms with Crippen LogP contribution in [0.15, 0.2) is 48.7 Å². The van der Waals surface area contributed by atoms with Crippen LogP contribution in [0.5, 0.6) is 5.75 Å². The molecule has 1 aromatic carbocycles. The molecule has 0 aliphatic carbocycles. The molecule has 0 aliphatic rings. The molecule has 3 rings (SSSR count). The van der Waals surface area contributed by atoms with Gasteiger partial charge in [-0.05, 0) is 35.7 Å². The molecule has 2 aromatic heterocycles. The molecule has 26 heavy (non-hydrogen) atoms. The van der Waals surface area contributed by atoms with E-state index in [0.29, 0.717) is 31.4 Å². The van der Waals surface area contributed by atoms with Crippen LogP contribution in [-0.4, -0.2) is 27.2 Å². The monoisotopic (exact) mass is 353 g/mol. The fraction of sp³-hybridized carbons (Fsp3) is 0.316. The molecule has 7 nitrogen and oxygen atoms in total. The predicted molar refractivity (Wildman–Crippen MR) is 98.8 cm³/mol. The maximum absolute atomic E-state index is 12.0. The van der Waals surface area contributed by atoms with Crippen LogP contribution in [-0.2, 0) is 13.1 Å². The highest BCUT2D eigenvalue weighted by atomic mass is 16.5.